The second-order valence-corrected chi connectivity index (χ2v) is 5.73. The number of para-hydroxylation sites is 2. The zero-order chi connectivity index (χ0) is 15.5. The van der Waals surface area contributed by atoms with Crippen LogP contribution in [0.25, 0.3) is 11.0 Å². The number of rotatable bonds is 4. The Morgan fingerprint density at radius 2 is 1.91 bits per heavy atom. The highest BCUT2D eigenvalue weighted by atomic mass is 79.9. The monoisotopic (exact) mass is 359 g/mol. The van der Waals surface area contributed by atoms with Gasteiger partial charge in [0.1, 0.15) is 19.0 Å². The summed E-state index contributed by atoms with van der Waals surface area (Å²) >= 11 is 3.35. The summed E-state index contributed by atoms with van der Waals surface area (Å²) in [5, 5.41) is 12.3. The van der Waals surface area contributed by atoms with E-state index in [-0.39, 0.29) is 19.1 Å². The maximum atomic E-state index is 12.2. The number of anilines is 1. The number of imidazole rings is 1. The van der Waals surface area contributed by atoms with Gasteiger partial charge >= 0.3 is 0 Å². The summed E-state index contributed by atoms with van der Waals surface area (Å²) in [6, 6.07) is 14.9. The van der Waals surface area contributed by atoms with Gasteiger partial charge in [0, 0.05) is 10.2 Å². The molecule has 3 rings (SSSR count). The van der Waals surface area contributed by atoms with Gasteiger partial charge in [-0.15, -0.1) is 0 Å². The minimum absolute atomic E-state index is 0.104. The lowest BCUT2D eigenvalue weighted by atomic mass is 10.3. The predicted octanol–water partition coefficient (Wildman–Crippen LogP) is 2.93. The van der Waals surface area contributed by atoms with Crippen LogP contribution in [0.3, 0.4) is 0 Å². The van der Waals surface area contributed by atoms with Crippen LogP contribution in [0.2, 0.25) is 0 Å². The third-order valence-corrected chi connectivity index (χ3v) is 3.83. The Morgan fingerprint density at radius 3 is 2.64 bits per heavy atom. The number of aliphatic hydroxyl groups excluding tert-OH is 1. The highest BCUT2D eigenvalue weighted by Gasteiger charge is 2.12. The first-order valence-electron chi connectivity index (χ1n) is 6.78. The predicted molar refractivity (Wildman–Crippen MR) is 88.4 cm³/mol. The number of carbonyl (C=O) groups excluding carboxylic acids is 1. The molecule has 5 nitrogen and oxygen atoms in total. The molecule has 2 N–H and O–H groups in total. The Bertz CT molecular complexity index is 812. The molecule has 1 heterocycles. The van der Waals surface area contributed by atoms with Gasteiger partial charge in [0.05, 0.1) is 11.0 Å². The maximum Gasteiger partial charge on any atom is 0.244 e. The molecule has 112 valence electrons. The largest absolute Gasteiger partial charge is 0.388 e. The van der Waals surface area contributed by atoms with Crippen molar-refractivity contribution in [2.24, 2.45) is 0 Å². The minimum atomic E-state index is -0.208. The van der Waals surface area contributed by atoms with E-state index in [9.17, 15) is 9.90 Å². The van der Waals surface area contributed by atoms with Crippen molar-refractivity contribution >= 4 is 38.6 Å². The summed E-state index contributed by atoms with van der Waals surface area (Å²) < 4.78 is 2.68. The van der Waals surface area contributed by atoms with Crippen LogP contribution in [0.15, 0.2) is 53.0 Å². The average Bonchev–Trinajstić information content (AvgIpc) is 2.87. The number of benzene rings is 2. The second-order valence-electron chi connectivity index (χ2n) is 4.82. The standard InChI is InChI=1S/C16H14BrN3O2/c17-11-5-7-12(8-6-11)18-16(22)9-20-14-4-2-1-3-13(14)19-15(20)10-21/h1-8,21H,9-10H2,(H,18,22). The molecule has 3 aromatic rings. The van der Waals surface area contributed by atoms with E-state index < -0.39 is 0 Å². The summed E-state index contributed by atoms with van der Waals surface area (Å²) in [6.07, 6.45) is 0. The molecule has 2 aromatic carbocycles. The number of fused-ring (bicyclic) bond motifs is 1. The number of nitrogens with one attached hydrogen (secondary N) is 1. The molecule has 0 aliphatic heterocycles. The molecule has 0 unspecified atom stereocenters. The Morgan fingerprint density at radius 1 is 1.18 bits per heavy atom. The van der Waals surface area contributed by atoms with E-state index in [4.69, 9.17) is 0 Å². The summed E-state index contributed by atoms with van der Waals surface area (Å²) in [6.45, 7) is -0.104. The molecule has 0 spiro atoms. The first-order valence-corrected chi connectivity index (χ1v) is 7.57. The third kappa shape index (κ3) is 3.03. The van der Waals surface area contributed by atoms with Crippen LogP contribution in [0, 0.1) is 0 Å². The molecule has 0 saturated heterocycles. The van der Waals surface area contributed by atoms with Crippen molar-refractivity contribution in [3.05, 3.63) is 58.8 Å². The summed E-state index contributed by atoms with van der Waals surface area (Å²) in [5.74, 6) is 0.312. The fourth-order valence-corrected chi connectivity index (χ4v) is 2.56. The van der Waals surface area contributed by atoms with Crippen LogP contribution < -0.4 is 5.32 Å². The van der Waals surface area contributed by atoms with Gasteiger partial charge in [0.15, 0.2) is 0 Å². The highest BCUT2D eigenvalue weighted by molar-refractivity contribution is 9.10. The molecule has 0 atom stereocenters. The number of amides is 1. The quantitative estimate of drug-likeness (QED) is 0.752. The fraction of sp³-hybridized carbons (Fsp3) is 0.125. The van der Waals surface area contributed by atoms with E-state index in [0.717, 1.165) is 21.2 Å². The van der Waals surface area contributed by atoms with Gasteiger partial charge in [-0.25, -0.2) is 4.98 Å². The maximum absolute atomic E-state index is 12.2. The second kappa shape index (κ2) is 6.29. The smallest absolute Gasteiger partial charge is 0.244 e. The molecule has 1 amide bonds. The van der Waals surface area contributed by atoms with Crippen molar-refractivity contribution in [2.75, 3.05) is 5.32 Å². The normalized spacial score (nSPS) is 10.8. The number of aliphatic hydroxyl groups is 1. The van der Waals surface area contributed by atoms with Crippen LogP contribution in [0.4, 0.5) is 5.69 Å². The zero-order valence-electron chi connectivity index (χ0n) is 11.7. The Labute approximate surface area is 135 Å². The number of nitrogens with zero attached hydrogens (tertiary/aromatic N) is 2. The van der Waals surface area contributed by atoms with Crippen LogP contribution in [-0.2, 0) is 17.9 Å². The van der Waals surface area contributed by atoms with Crippen LogP contribution >= 0.6 is 15.9 Å². The highest BCUT2D eigenvalue weighted by Crippen LogP contribution is 2.17. The molecular weight excluding hydrogens is 346 g/mol. The lowest BCUT2D eigenvalue weighted by molar-refractivity contribution is -0.116. The van der Waals surface area contributed by atoms with Gasteiger partial charge < -0.3 is 15.0 Å². The number of halogens is 1. The van der Waals surface area contributed by atoms with Gasteiger partial charge in [0.2, 0.25) is 5.91 Å². The zero-order valence-corrected chi connectivity index (χ0v) is 13.2. The van der Waals surface area contributed by atoms with E-state index in [2.05, 4.69) is 26.2 Å². The molecule has 0 saturated carbocycles. The summed E-state index contributed by atoms with van der Waals surface area (Å²) in [5.41, 5.74) is 2.32. The summed E-state index contributed by atoms with van der Waals surface area (Å²) in [7, 11) is 0. The third-order valence-electron chi connectivity index (χ3n) is 3.30. The molecule has 0 aliphatic carbocycles. The van der Waals surface area contributed by atoms with Crippen molar-refractivity contribution in [3.8, 4) is 0 Å². The topological polar surface area (TPSA) is 67.2 Å². The molecule has 1 aromatic heterocycles. The summed E-state index contributed by atoms with van der Waals surface area (Å²) in [4.78, 5) is 16.6. The van der Waals surface area contributed by atoms with E-state index in [1.54, 1.807) is 4.57 Å². The van der Waals surface area contributed by atoms with Crippen molar-refractivity contribution < 1.29 is 9.90 Å². The number of hydrogen-bond donors (Lipinski definition) is 2. The molecule has 6 heteroatoms. The average molecular weight is 360 g/mol. The molecule has 0 aliphatic rings. The molecule has 0 radical (unpaired) electrons. The van der Waals surface area contributed by atoms with Crippen LogP contribution in [0.5, 0.6) is 0 Å². The van der Waals surface area contributed by atoms with Crippen molar-refractivity contribution in [3.63, 3.8) is 0 Å². The molecule has 0 bridgehead atoms. The van der Waals surface area contributed by atoms with E-state index in [0.29, 0.717) is 5.82 Å². The van der Waals surface area contributed by atoms with Crippen molar-refractivity contribution in [1.82, 2.24) is 9.55 Å². The SMILES string of the molecule is O=C(Cn1c(CO)nc2ccccc21)Nc1ccc(Br)cc1. The van der Waals surface area contributed by atoms with E-state index in [1.165, 1.54) is 0 Å². The number of hydrogen-bond acceptors (Lipinski definition) is 3. The molecular formula is C16H14BrN3O2. The van der Waals surface area contributed by atoms with Gasteiger partial charge in [-0.1, -0.05) is 28.1 Å². The van der Waals surface area contributed by atoms with E-state index in [1.807, 2.05) is 48.5 Å². The van der Waals surface area contributed by atoms with Gasteiger partial charge in [0.25, 0.3) is 0 Å². The molecule has 22 heavy (non-hydrogen) atoms. The van der Waals surface area contributed by atoms with Crippen molar-refractivity contribution in [1.29, 1.82) is 0 Å². The van der Waals surface area contributed by atoms with Crippen LogP contribution in [-0.4, -0.2) is 20.6 Å². The van der Waals surface area contributed by atoms with Gasteiger partial charge in [-0.2, -0.15) is 0 Å². The molecule has 0 fully saturated rings. The number of aromatic nitrogens is 2. The number of carbonyl (C=O) groups is 1. The van der Waals surface area contributed by atoms with E-state index >= 15 is 0 Å². The van der Waals surface area contributed by atoms with Gasteiger partial charge in [-0.3, -0.25) is 4.79 Å². The Hall–Kier alpha value is -2.18. The first-order chi connectivity index (χ1) is 10.7. The Balaban J connectivity index is 1.83. The lowest BCUT2D eigenvalue weighted by Gasteiger charge is -2.09. The fourth-order valence-electron chi connectivity index (χ4n) is 2.30. The lowest BCUT2D eigenvalue weighted by Crippen LogP contribution is -2.20. The van der Waals surface area contributed by atoms with Gasteiger partial charge in [-0.05, 0) is 36.4 Å². The first kappa shape index (κ1) is 14.7. The minimum Gasteiger partial charge on any atom is -0.388 e. The van der Waals surface area contributed by atoms with Crippen LogP contribution in [0.1, 0.15) is 5.82 Å². The van der Waals surface area contributed by atoms with Crippen molar-refractivity contribution in [2.45, 2.75) is 13.2 Å². The Kier molecular flexibility index (Phi) is 4.22.